The average Bonchev–Trinajstić information content (AvgIpc) is 3.28. The molecular formula is C24H22BrNO4. The first-order valence-electron chi connectivity index (χ1n) is 10.0. The SMILES string of the molecule is CCCN1C(=O)C(O)=C(C(=O)c2cc3cc(Br)ccc3o2)C1c1ccc(CC)cc1. The maximum absolute atomic E-state index is 13.4. The molecule has 2 heterocycles. The molecule has 5 nitrogen and oxygen atoms in total. The summed E-state index contributed by atoms with van der Waals surface area (Å²) in [6.45, 7) is 4.46. The molecule has 0 aliphatic carbocycles. The van der Waals surface area contributed by atoms with Gasteiger partial charge in [0.2, 0.25) is 5.78 Å². The molecule has 30 heavy (non-hydrogen) atoms. The third kappa shape index (κ3) is 3.45. The smallest absolute Gasteiger partial charge is 0.290 e. The zero-order valence-corrected chi connectivity index (χ0v) is 18.4. The van der Waals surface area contributed by atoms with E-state index in [-0.39, 0.29) is 11.3 Å². The molecule has 3 aromatic rings. The molecule has 0 fully saturated rings. The molecule has 1 N–H and O–H groups in total. The Bertz CT molecular complexity index is 1160. The van der Waals surface area contributed by atoms with Gasteiger partial charge in [-0.1, -0.05) is 54.0 Å². The number of benzene rings is 2. The molecule has 1 aliphatic heterocycles. The summed E-state index contributed by atoms with van der Waals surface area (Å²) in [5.74, 6) is -1.40. The predicted octanol–water partition coefficient (Wildman–Crippen LogP) is 5.75. The molecule has 1 aliphatic rings. The van der Waals surface area contributed by atoms with Crippen molar-refractivity contribution < 1.29 is 19.1 Å². The van der Waals surface area contributed by atoms with Gasteiger partial charge in [0.25, 0.3) is 5.91 Å². The number of hydrogen-bond acceptors (Lipinski definition) is 4. The predicted molar refractivity (Wildman–Crippen MR) is 118 cm³/mol. The van der Waals surface area contributed by atoms with Crippen molar-refractivity contribution in [2.24, 2.45) is 0 Å². The number of furan rings is 1. The third-order valence-corrected chi connectivity index (χ3v) is 5.91. The van der Waals surface area contributed by atoms with E-state index in [1.165, 1.54) is 0 Å². The van der Waals surface area contributed by atoms with Crippen LogP contribution in [0, 0.1) is 0 Å². The Morgan fingerprint density at radius 2 is 1.87 bits per heavy atom. The molecule has 1 amide bonds. The molecule has 1 aromatic heterocycles. The Kier molecular flexibility index (Phi) is 5.52. The highest BCUT2D eigenvalue weighted by Crippen LogP contribution is 2.39. The minimum absolute atomic E-state index is 0.0656. The number of halogens is 1. The van der Waals surface area contributed by atoms with Gasteiger partial charge in [-0.25, -0.2) is 0 Å². The summed E-state index contributed by atoms with van der Waals surface area (Å²) in [7, 11) is 0. The van der Waals surface area contributed by atoms with Gasteiger partial charge in [0.1, 0.15) is 5.58 Å². The van der Waals surface area contributed by atoms with Crippen molar-refractivity contribution in [2.45, 2.75) is 32.7 Å². The molecular weight excluding hydrogens is 446 g/mol. The van der Waals surface area contributed by atoms with Crippen LogP contribution in [-0.4, -0.2) is 28.2 Å². The van der Waals surface area contributed by atoms with Gasteiger partial charge in [-0.2, -0.15) is 0 Å². The van der Waals surface area contributed by atoms with E-state index in [1.807, 2.05) is 43.3 Å². The lowest BCUT2D eigenvalue weighted by Gasteiger charge is -2.26. The van der Waals surface area contributed by atoms with Crippen molar-refractivity contribution in [1.82, 2.24) is 4.90 Å². The Balaban J connectivity index is 1.80. The maximum Gasteiger partial charge on any atom is 0.290 e. The molecule has 0 spiro atoms. The zero-order chi connectivity index (χ0) is 21.4. The van der Waals surface area contributed by atoms with Crippen LogP contribution in [0.25, 0.3) is 11.0 Å². The number of amides is 1. The molecule has 4 rings (SSSR count). The van der Waals surface area contributed by atoms with Crippen molar-refractivity contribution in [3.63, 3.8) is 0 Å². The normalized spacial score (nSPS) is 16.7. The van der Waals surface area contributed by atoms with Crippen LogP contribution in [-0.2, 0) is 11.2 Å². The number of hydrogen-bond donors (Lipinski definition) is 1. The number of ketones is 1. The lowest BCUT2D eigenvalue weighted by molar-refractivity contribution is -0.129. The number of aryl methyl sites for hydroxylation is 1. The Morgan fingerprint density at radius 3 is 2.53 bits per heavy atom. The van der Waals surface area contributed by atoms with Crippen LogP contribution in [0.2, 0.25) is 0 Å². The zero-order valence-electron chi connectivity index (χ0n) is 16.8. The van der Waals surface area contributed by atoms with Crippen molar-refractivity contribution in [3.8, 4) is 0 Å². The molecule has 0 saturated carbocycles. The summed E-state index contributed by atoms with van der Waals surface area (Å²) in [4.78, 5) is 27.8. The van der Waals surface area contributed by atoms with Gasteiger partial charge in [0, 0.05) is 16.4 Å². The van der Waals surface area contributed by atoms with E-state index in [0.29, 0.717) is 18.5 Å². The van der Waals surface area contributed by atoms with Gasteiger partial charge in [-0.05, 0) is 48.2 Å². The fourth-order valence-electron chi connectivity index (χ4n) is 3.90. The van der Waals surface area contributed by atoms with Crippen LogP contribution in [0.4, 0.5) is 0 Å². The topological polar surface area (TPSA) is 70.8 Å². The van der Waals surface area contributed by atoms with E-state index in [9.17, 15) is 14.7 Å². The fraction of sp³-hybridized carbons (Fsp3) is 0.250. The van der Waals surface area contributed by atoms with Crippen LogP contribution >= 0.6 is 15.9 Å². The monoisotopic (exact) mass is 467 g/mol. The maximum atomic E-state index is 13.4. The van der Waals surface area contributed by atoms with E-state index in [1.54, 1.807) is 17.0 Å². The number of carbonyl (C=O) groups excluding carboxylic acids is 2. The van der Waals surface area contributed by atoms with Crippen molar-refractivity contribution in [3.05, 3.63) is 81.2 Å². The van der Waals surface area contributed by atoms with Crippen LogP contribution in [0.3, 0.4) is 0 Å². The highest BCUT2D eigenvalue weighted by Gasteiger charge is 2.44. The number of carbonyl (C=O) groups is 2. The quantitative estimate of drug-likeness (QED) is 0.468. The second kappa shape index (κ2) is 8.11. The average molecular weight is 468 g/mol. The van der Waals surface area contributed by atoms with E-state index in [4.69, 9.17) is 4.42 Å². The first-order chi connectivity index (χ1) is 14.4. The second-order valence-corrected chi connectivity index (χ2v) is 8.30. The van der Waals surface area contributed by atoms with Gasteiger partial charge >= 0.3 is 0 Å². The van der Waals surface area contributed by atoms with E-state index >= 15 is 0 Å². The van der Waals surface area contributed by atoms with Gasteiger partial charge in [-0.3, -0.25) is 9.59 Å². The molecule has 2 aromatic carbocycles. The van der Waals surface area contributed by atoms with Crippen LogP contribution in [0.1, 0.15) is 48.0 Å². The Morgan fingerprint density at radius 1 is 1.13 bits per heavy atom. The molecule has 0 saturated heterocycles. The van der Waals surface area contributed by atoms with E-state index in [2.05, 4.69) is 22.9 Å². The molecule has 0 radical (unpaired) electrons. The number of fused-ring (bicyclic) bond motifs is 1. The summed E-state index contributed by atoms with van der Waals surface area (Å²) >= 11 is 3.41. The number of nitrogens with zero attached hydrogens (tertiary/aromatic N) is 1. The number of Topliss-reactive ketones (excluding diaryl/α,β-unsaturated/α-hetero) is 1. The first kappa shape index (κ1) is 20.4. The molecule has 0 bridgehead atoms. The number of aliphatic hydroxyl groups excluding tert-OH is 1. The largest absolute Gasteiger partial charge is 0.503 e. The van der Waals surface area contributed by atoms with Gasteiger partial charge in [0.05, 0.1) is 11.6 Å². The molecule has 6 heteroatoms. The second-order valence-electron chi connectivity index (χ2n) is 7.38. The third-order valence-electron chi connectivity index (χ3n) is 5.42. The molecule has 154 valence electrons. The Labute approximate surface area is 183 Å². The first-order valence-corrected chi connectivity index (χ1v) is 10.8. The standard InChI is InChI=1S/C24H22BrNO4/c1-3-11-26-21(15-7-5-14(4-2)6-8-15)20(23(28)24(26)29)22(27)19-13-16-12-17(25)9-10-18(16)30-19/h5-10,12-13,21,28H,3-4,11H2,1-2H3. The lowest BCUT2D eigenvalue weighted by atomic mass is 9.94. The minimum Gasteiger partial charge on any atom is -0.503 e. The van der Waals surface area contributed by atoms with Crippen molar-refractivity contribution in [1.29, 1.82) is 0 Å². The van der Waals surface area contributed by atoms with Gasteiger partial charge < -0.3 is 14.4 Å². The van der Waals surface area contributed by atoms with Crippen molar-refractivity contribution >= 4 is 38.6 Å². The summed E-state index contributed by atoms with van der Waals surface area (Å²) in [6, 6.07) is 14.3. The van der Waals surface area contributed by atoms with Gasteiger partial charge in [0.15, 0.2) is 11.5 Å². The summed E-state index contributed by atoms with van der Waals surface area (Å²) in [5, 5.41) is 11.4. The minimum atomic E-state index is -0.643. The van der Waals surface area contributed by atoms with E-state index < -0.39 is 23.5 Å². The van der Waals surface area contributed by atoms with E-state index in [0.717, 1.165) is 27.4 Å². The molecule has 1 atom stereocenters. The van der Waals surface area contributed by atoms with Crippen LogP contribution < -0.4 is 0 Å². The lowest BCUT2D eigenvalue weighted by Crippen LogP contribution is -2.31. The van der Waals surface area contributed by atoms with Gasteiger partial charge in [-0.15, -0.1) is 0 Å². The van der Waals surface area contributed by atoms with Crippen LogP contribution in [0.5, 0.6) is 0 Å². The van der Waals surface area contributed by atoms with Crippen LogP contribution in [0.15, 0.2) is 68.8 Å². The highest BCUT2D eigenvalue weighted by molar-refractivity contribution is 9.10. The summed E-state index contributed by atoms with van der Waals surface area (Å²) < 4.78 is 6.62. The van der Waals surface area contributed by atoms with Crippen molar-refractivity contribution in [2.75, 3.05) is 6.54 Å². The summed E-state index contributed by atoms with van der Waals surface area (Å²) in [5.41, 5.74) is 2.59. The highest BCUT2D eigenvalue weighted by atomic mass is 79.9. The number of rotatable bonds is 6. The fourth-order valence-corrected chi connectivity index (χ4v) is 4.28. The summed E-state index contributed by atoms with van der Waals surface area (Å²) in [6.07, 6.45) is 1.60. The molecule has 1 unspecified atom stereocenters. The Hall–Kier alpha value is -2.86. The number of aliphatic hydroxyl groups is 1.